The van der Waals surface area contributed by atoms with E-state index in [1.807, 2.05) is 18.9 Å². The topological polar surface area (TPSA) is 41.6 Å². The Morgan fingerprint density at radius 2 is 2.46 bits per heavy atom. The molecule has 1 atom stereocenters. The van der Waals surface area contributed by atoms with Crippen molar-refractivity contribution in [1.29, 1.82) is 0 Å². The summed E-state index contributed by atoms with van der Waals surface area (Å²) in [5.74, 6) is 0.226. The second-order valence-corrected chi connectivity index (χ2v) is 3.37. The second-order valence-electron chi connectivity index (χ2n) is 3.37. The van der Waals surface area contributed by atoms with Crippen LogP contribution in [0, 0.1) is 0 Å². The SMILES string of the molecule is CNCCC(=O)N1CCOC(C)C1. The third-order valence-corrected chi connectivity index (χ3v) is 2.18. The van der Waals surface area contributed by atoms with Crippen LogP contribution in [0.3, 0.4) is 0 Å². The zero-order chi connectivity index (χ0) is 9.68. The highest BCUT2D eigenvalue weighted by molar-refractivity contribution is 5.76. The van der Waals surface area contributed by atoms with E-state index >= 15 is 0 Å². The average Bonchev–Trinajstić information content (AvgIpc) is 2.14. The maximum atomic E-state index is 11.5. The molecule has 0 aromatic rings. The van der Waals surface area contributed by atoms with Crippen LogP contribution in [0.25, 0.3) is 0 Å². The van der Waals surface area contributed by atoms with Gasteiger partial charge in [-0.05, 0) is 14.0 Å². The molecule has 1 aliphatic rings. The molecule has 4 heteroatoms. The summed E-state index contributed by atoms with van der Waals surface area (Å²) in [5.41, 5.74) is 0. The smallest absolute Gasteiger partial charge is 0.224 e. The third kappa shape index (κ3) is 3.32. The molecule has 0 aromatic heterocycles. The van der Waals surface area contributed by atoms with Gasteiger partial charge in [0.05, 0.1) is 12.7 Å². The molecule has 1 rings (SSSR count). The number of morpholine rings is 1. The van der Waals surface area contributed by atoms with Crippen molar-refractivity contribution < 1.29 is 9.53 Å². The van der Waals surface area contributed by atoms with E-state index in [-0.39, 0.29) is 12.0 Å². The molecule has 13 heavy (non-hydrogen) atoms. The Kier molecular flexibility index (Phi) is 4.18. The van der Waals surface area contributed by atoms with Crippen molar-refractivity contribution in [3.63, 3.8) is 0 Å². The third-order valence-electron chi connectivity index (χ3n) is 2.18. The molecule has 76 valence electrons. The Morgan fingerprint density at radius 3 is 3.08 bits per heavy atom. The highest BCUT2D eigenvalue weighted by atomic mass is 16.5. The van der Waals surface area contributed by atoms with Crippen molar-refractivity contribution in [3.8, 4) is 0 Å². The summed E-state index contributed by atoms with van der Waals surface area (Å²) in [5, 5.41) is 2.97. The fraction of sp³-hybridized carbons (Fsp3) is 0.889. The van der Waals surface area contributed by atoms with Crippen molar-refractivity contribution >= 4 is 5.91 Å². The first kappa shape index (κ1) is 10.5. The van der Waals surface area contributed by atoms with Crippen LogP contribution in [0.5, 0.6) is 0 Å². The summed E-state index contributed by atoms with van der Waals surface area (Å²) in [6, 6.07) is 0. The van der Waals surface area contributed by atoms with Crippen molar-refractivity contribution in [2.75, 3.05) is 33.3 Å². The van der Waals surface area contributed by atoms with E-state index in [0.29, 0.717) is 13.0 Å². The Balaban J connectivity index is 2.28. The molecular weight excluding hydrogens is 168 g/mol. The van der Waals surface area contributed by atoms with E-state index in [2.05, 4.69) is 5.32 Å². The number of hydrogen-bond donors (Lipinski definition) is 1. The predicted octanol–water partition coefficient (Wildman–Crippen LogP) is -0.157. The summed E-state index contributed by atoms with van der Waals surface area (Å²) >= 11 is 0. The van der Waals surface area contributed by atoms with E-state index in [1.165, 1.54) is 0 Å². The van der Waals surface area contributed by atoms with Gasteiger partial charge in [-0.3, -0.25) is 4.79 Å². The molecule has 1 N–H and O–H groups in total. The maximum absolute atomic E-state index is 11.5. The first-order valence-electron chi connectivity index (χ1n) is 4.78. The maximum Gasteiger partial charge on any atom is 0.224 e. The summed E-state index contributed by atoms with van der Waals surface area (Å²) in [7, 11) is 1.86. The van der Waals surface area contributed by atoms with Gasteiger partial charge in [0.15, 0.2) is 0 Å². The summed E-state index contributed by atoms with van der Waals surface area (Å²) in [6.45, 7) is 4.91. The number of rotatable bonds is 3. The van der Waals surface area contributed by atoms with Gasteiger partial charge < -0.3 is 15.0 Å². The van der Waals surface area contributed by atoms with E-state index in [0.717, 1.165) is 19.6 Å². The molecule has 0 aliphatic carbocycles. The van der Waals surface area contributed by atoms with Crippen molar-refractivity contribution in [3.05, 3.63) is 0 Å². The Morgan fingerprint density at radius 1 is 1.69 bits per heavy atom. The van der Waals surface area contributed by atoms with E-state index in [9.17, 15) is 4.79 Å². The van der Waals surface area contributed by atoms with Crippen LogP contribution in [0.1, 0.15) is 13.3 Å². The first-order valence-corrected chi connectivity index (χ1v) is 4.78. The Labute approximate surface area is 79.2 Å². The monoisotopic (exact) mass is 186 g/mol. The summed E-state index contributed by atoms with van der Waals surface area (Å²) in [4.78, 5) is 13.4. The lowest BCUT2D eigenvalue weighted by Gasteiger charge is -2.31. The molecule has 0 radical (unpaired) electrons. The zero-order valence-electron chi connectivity index (χ0n) is 8.38. The van der Waals surface area contributed by atoms with Crippen LogP contribution in [0.2, 0.25) is 0 Å². The van der Waals surface area contributed by atoms with Gasteiger partial charge in [0, 0.05) is 26.1 Å². The van der Waals surface area contributed by atoms with Gasteiger partial charge in [0.1, 0.15) is 0 Å². The molecule has 1 fully saturated rings. The molecule has 1 aliphatic heterocycles. The molecule has 1 amide bonds. The lowest BCUT2D eigenvalue weighted by molar-refractivity contribution is -0.138. The first-order chi connectivity index (χ1) is 6.24. The number of carbonyl (C=O) groups is 1. The lowest BCUT2D eigenvalue weighted by atomic mass is 10.2. The number of nitrogens with zero attached hydrogens (tertiary/aromatic N) is 1. The highest BCUT2D eigenvalue weighted by Gasteiger charge is 2.20. The normalized spacial score (nSPS) is 23.2. The molecule has 0 bridgehead atoms. The van der Waals surface area contributed by atoms with E-state index in [4.69, 9.17) is 4.74 Å². The van der Waals surface area contributed by atoms with Crippen LogP contribution in [-0.2, 0) is 9.53 Å². The van der Waals surface area contributed by atoms with Gasteiger partial charge in [-0.25, -0.2) is 0 Å². The number of carbonyl (C=O) groups excluding carboxylic acids is 1. The fourth-order valence-corrected chi connectivity index (χ4v) is 1.43. The van der Waals surface area contributed by atoms with Gasteiger partial charge in [0.2, 0.25) is 5.91 Å². The highest BCUT2D eigenvalue weighted by Crippen LogP contribution is 2.05. The van der Waals surface area contributed by atoms with Crippen LogP contribution < -0.4 is 5.32 Å². The molecule has 1 saturated heterocycles. The number of ether oxygens (including phenoxy) is 1. The predicted molar refractivity (Wildman–Crippen MR) is 50.5 cm³/mol. The average molecular weight is 186 g/mol. The van der Waals surface area contributed by atoms with Crippen LogP contribution in [-0.4, -0.2) is 50.2 Å². The summed E-state index contributed by atoms with van der Waals surface area (Å²) in [6.07, 6.45) is 0.774. The van der Waals surface area contributed by atoms with Gasteiger partial charge in [-0.1, -0.05) is 0 Å². The summed E-state index contributed by atoms with van der Waals surface area (Å²) < 4.78 is 5.35. The lowest BCUT2D eigenvalue weighted by Crippen LogP contribution is -2.45. The number of hydrogen-bond acceptors (Lipinski definition) is 3. The fourth-order valence-electron chi connectivity index (χ4n) is 1.43. The molecule has 0 spiro atoms. The molecule has 1 heterocycles. The van der Waals surface area contributed by atoms with Crippen LogP contribution in [0.15, 0.2) is 0 Å². The minimum Gasteiger partial charge on any atom is -0.375 e. The Bertz CT molecular complexity index is 173. The largest absolute Gasteiger partial charge is 0.375 e. The standard InChI is InChI=1S/C9H18N2O2/c1-8-7-11(5-6-13-8)9(12)3-4-10-2/h8,10H,3-7H2,1-2H3. The molecule has 0 aromatic carbocycles. The minimum atomic E-state index is 0.187. The zero-order valence-corrected chi connectivity index (χ0v) is 8.38. The van der Waals surface area contributed by atoms with Crippen molar-refractivity contribution in [2.45, 2.75) is 19.4 Å². The van der Waals surface area contributed by atoms with E-state index < -0.39 is 0 Å². The second kappa shape index (κ2) is 5.19. The molecule has 1 unspecified atom stereocenters. The van der Waals surface area contributed by atoms with Crippen LogP contribution in [0.4, 0.5) is 0 Å². The van der Waals surface area contributed by atoms with Gasteiger partial charge in [0.25, 0.3) is 0 Å². The Hall–Kier alpha value is -0.610. The molecule has 0 saturated carbocycles. The number of amides is 1. The number of nitrogens with one attached hydrogen (secondary N) is 1. The van der Waals surface area contributed by atoms with Crippen molar-refractivity contribution in [2.24, 2.45) is 0 Å². The van der Waals surface area contributed by atoms with Crippen molar-refractivity contribution in [1.82, 2.24) is 10.2 Å². The minimum absolute atomic E-state index is 0.187. The van der Waals surface area contributed by atoms with Gasteiger partial charge in [-0.2, -0.15) is 0 Å². The van der Waals surface area contributed by atoms with E-state index in [1.54, 1.807) is 0 Å². The molecule has 4 nitrogen and oxygen atoms in total. The quantitative estimate of drug-likeness (QED) is 0.666. The van der Waals surface area contributed by atoms with Gasteiger partial charge >= 0.3 is 0 Å². The van der Waals surface area contributed by atoms with Gasteiger partial charge in [-0.15, -0.1) is 0 Å². The van der Waals surface area contributed by atoms with Crippen LogP contribution >= 0.6 is 0 Å². The molecular formula is C9H18N2O2.